The van der Waals surface area contributed by atoms with Gasteiger partial charge in [0, 0.05) is 19.1 Å². The lowest BCUT2D eigenvalue weighted by molar-refractivity contribution is 0.0788. The maximum absolute atomic E-state index is 12.9. The molecule has 0 fully saturated rings. The van der Waals surface area contributed by atoms with Gasteiger partial charge in [-0.2, -0.15) is 4.98 Å². The summed E-state index contributed by atoms with van der Waals surface area (Å²) in [5.41, 5.74) is 2.64. The minimum atomic E-state index is -0.125. The molecule has 0 bridgehead atoms. The first kappa shape index (κ1) is 23.2. The van der Waals surface area contributed by atoms with E-state index < -0.39 is 0 Å². The third-order valence-electron chi connectivity index (χ3n) is 5.40. The van der Waals surface area contributed by atoms with Crippen LogP contribution in [0, 0.1) is 6.92 Å². The van der Waals surface area contributed by atoms with Gasteiger partial charge in [0.1, 0.15) is 17.8 Å². The minimum Gasteiger partial charge on any atom is -0.438 e. The second kappa shape index (κ2) is 8.55. The van der Waals surface area contributed by atoms with Gasteiger partial charge in [-0.15, -0.1) is 12.4 Å². The molecule has 0 unspecified atom stereocenters. The van der Waals surface area contributed by atoms with Crippen LogP contribution in [0.25, 0.3) is 17.3 Å². The van der Waals surface area contributed by atoms with Gasteiger partial charge < -0.3 is 14.2 Å². The first-order valence-electron chi connectivity index (χ1n) is 10.1. The number of amides is 1. The summed E-state index contributed by atoms with van der Waals surface area (Å²) in [6.45, 7) is 10.8. The summed E-state index contributed by atoms with van der Waals surface area (Å²) >= 11 is 6.37. The van der Waals surface area contributed by atoms with Gasteiger partial charge in [-0.1, -0.05) is 17.7 Å². The Hall–Kier alpha value is -2.51. The Morgan fingerprint density at radius 3 is 2.52 bits per heavy atom. The van der Waals surface area contributed by atoms with E-state index in [2.05, 4.69) is 37.6 Å². The van der Waals surface area contributed by atoms with Gasteiger partial charge in [-0.3, -0.25) is 9.36 Å². The molecule has 0 atom stereocenters. The summed E-state index contributed by atoms with van der Waals surface area (Å²) in [6.07, 6.45) is 1.70. The molecule has 3 heterocycles. The second-order valence-electron chi connectivity index (χ2n) is 8.20. The summed E-state index contributed by atoms with van der Waals surface area (Å²) < 4.78 is 7.97. The van der Waals surface area contributed by atoms with E-state index in [1.165, 1.54) is 0 Å². The molecule has 0 radical (unpaired) electrons. The quantitative estimate of drug-likeness (QED) is 0.536. The van der Waals surface area contributed by atoms with E-state index >= 15 is 0 Å². The van der Waals surface area contributed by atoms with Crippen molar-refractivity contribution in [2.75, 3.05) is 11.9 Å². The largest absolute Gasteiger partial charge is 0.438 e. The van der Waals surface area contributed by atoms with Gasteiger partial charge in [0.25, 0.3) is 5.91 Å². The molecule has 7 nitrogen and oxygen atoms in total. The lowest BCUT2D eigenvalue weighted by Crippen LogP contribution is -2.37. The Morgan fingerprint density at radius 2 is 1.87 bits per heavy atom. The minimum absolute atomic E-state index is 0. The molecule has 3 aromatic rings. The third-order valence-corrected chi connectivity index (χ3v) is 5.71. The number of imidazole rings is 1. The molecule has 1 aliphatic rings. The zero-order valence-corrected chi connectivity index (χ0v) is 20.1. The predicted molar refractivity (Wildman–Crippen MR) is 125 cm³/mol. The molecule has 1 aromatic carbocycles. The number of hydrogen-bond acceptors (Lipinski definition) is 5. The van der Waals surface area contributed by atoms with E-state index in [4.69, 9.17) is 21.0 Å². The maximum Gasteiger partial charge on any atom is 0.257 e. The lowest BCUT2D eigenvalue weighted by Gasteiger charge is -2.30. The highest BCUT2D eigenvalue weighted by Gasteiger charge is 2.31. The average molecular weight is 464 g/mol. The Kier molecular flexibility index (Phi) is 6.39. The van der Waals surface area contributed by atoms with Crippen molar-refractivity contribution in [3.63, 3.8) is 0 Å². The van der Waals surface area contributed by atoms with E-state index in [1.54, 1.807) is 24.3 Å². The van der Waals surface area contributed by atoms with E-state index in [-0.39, 0.29) is 30.4 Å². The molecular weight excluding hydrogens is 437 g/mol. The summed E-state index contributed by atoms with van der Waals surface area (Å²) in [5.74, 6) is 1.89. The van der Waals surface area contributed by atoms with Gasteiger partial charge in [-0.05, 0) is 46.8 Å². The number of carbonyl (C=O) groups is 1. The number of aromatic nitrogens is 3. The number of benzene rings is 1. The van der Waals surface area contributed by atoms with Crippen LogP contribution in [0.4, 0.5) is 5.82 Å². The number of fused-ring (bicyclic) bond motifs is 3. The molecule has 0 saturated carbocycles. The first-order valence-corrected chi connectivity index (χ1v) is 10.4. The predicted octanol–water partition coefficient (Wildman–Crippen LogP) is 5.12. The summed E-state index contributed by atoms with van der Waals surface area (Å²) in [7, 11) is 1.76. The summed E-state index contributed by atoms with van der Waals surface area (Å²) in [4.78, 5) is 26.2. The number of oxazole rings is 1. The van der Waals surface area contributed by atoms with E-state index in [0.29, 0.717) is 34.4 Å². The molecule has 0 N–H and O–H groups in total. The summed E-state index contributed by atoms with van der Waals surface area (Å²) in [6, 6.07) is 5.99. The van der Waals surface area contributed by atoms with E-state index in [9.17, 15) is 4.79 Å². The van der Waals surface area contributed by atoms with Crippen LogP contribution in [-0.2, 0) is 6.54 Å². The fraction of sp³-hybridized carbons (Fsp3) is 0.409. The van der Waals surface area contributed by atoms with E-state index in [0.717, 1.165) is 17.3 Å². The molecule has 166 valence electrons. The van der Waals surface area contributed by atoms with Crippen molar-refractivity contribution in [3.05, 3.63) is 46.6 Å². The smallest absolute Gasteiger partial charge is 0.257 e. The highest BCUT2D eigenvalue weighted by molar-refractivity contribution is 6.34. The zero-order chi connectivity index (χ0) is 21.7. The fourth-order valence-corrected chi connectivity index (χ4v) is 4.39. The third kappa shape index (κ3) is 3.81. The molecule has 4 rings (SSSR count). The summed E-state index contributed by atoms with van der Waals surface area (Å²) in [5, 5.41) is 0.422. The Bertz CT molecular complexity index is 1110. The Labute approximate surface area is 193 Å². The number of nitrogens with zero attached hydrogens (tertiary/aromatic N) is 5. The second-order valence-corrected chi connectivity index (χ2v) is 8.61. The van der Waals surface area contributed by atoms with Crippen molar-refractivity contribution >= 4 is 35.7 Å². The highest BCUT2D eigenvalue weighted by Crippen LogP contribution is 2.35. The Morgan fingerprint density at radius 1 is 1.19 bits per heavy atom. The molecule has 0 aliphatic carbocycles. The van der Waals surface area contributed by atoms with Crippen molar-refractivity contribution in [2.45, 2.75) is 53.2 Å². The van der Waals surface area contributed by atoms with Crippen LogP contribution < -0.4 is 4.90 Å². The Balaban J connectivity index is 0.00000272. The average Bonchev–Trinajstić information content (AvgIpc) is 3.21. The van der Waals surface area contributed by atoms with Crippen LogP contribution in [-0.4, -0.2) is 44.5 Å². The number of halogens is 2. The molecular formula is C22H27Cl2N5O2. The van der Waals surface area contributed by atoms with Crippen molar-refractivity contribution in [2.24, 2.45) is 0 Å². The molecule has 0 saturated heterocycles. The van der Waals surface area contributed by atoms with Crippen LogP contribution in [0.5, 0.6) is 0 Å². The number of carbonyl (C=O) groups excluding carboxylic acids is 1. The molecule has 0 spiro atoms. The number of rotatable bonds is 4. The highest BCUT2D eigenvalue weighted by atomic mass is 35.5. The number of hydrogen-bond donors (Lipinski definition) is 0. The molecule has 31 heavy (non-hydrogen) atoms. The van der Waals surface area contributed by atoms with Crippen LogP contribution in [0.2, 0.25) is 5.02 Å². The topological polar surface area (TPSA) is 67.4 Å². The molecule has 1 aliphatic heterocycles. The SMILES string of the molecule is Cc1oc(-c2ncn3c2CN(C)C(=O)c2c(Cl)cccc2-3)nc1N(C(C)C)C(C)C.Cl. The van der Waals surface area contributed by atoms with Crippen LogP contribution >= 0.6 is 24.0 Å². The van der Waals surface area contributed by atoms with Gasteiger partial charge in [0.05, 0.1) is 28.5 Å². The monoisotopic (exact) mass is 463 g/mol. The number of aryl methyl sites for hydroxylation is 1. The number of anilines is 1. The van der Waals surface area contributed by atoms with Crippen LogP contribution in [0.3, 0.4) is 0 Å². The van der Waals surface area contributed by atoms with Crippen molar-refractivity contribution in [1.29, 1.82) is 0 Å². The fourth-order valence-electron chi connectivity index (χ4n) is 4.14. The maximum atomic E-state index is 12.9. The van der Waals surface area contributed by atoms with E-state index in [1.807, 2.05) is 23.6 Å². The van der Waals surface area contributed by atoms with Gasteiger partial charge >= 0.3 is 0 Å². The van der Waals surface area contributed by atoms with Crippen molar-refractivity contribution in [3.8, 4) is 17.3 Å². The van der Waals surface area contributed by atoms with Crippen molar-refractivity contribution in [1.82, 2.24) is 19.4 Å². The normalized spacial score (nSPS) is 13.2. The molecule has 2 aromatic heterocycles. The van der Waals surface area contributed by atoms with Gasteiger partial charge in [0.15, 0.2) is 5.82 Å². The first-order chi connectivity index (χ1) is 14.2. The zero-order valence-electron chi connectivity index (χ0n) is 18.5. The van der Waals surface area contributed by atoms with Gasteiger partial charge in [0.2, 0.25) is 5.89 Å². The van der Waals surface area contributed by atoms with Crippen molar-refractivity contribution < 1.29 is 9.21 Å². The van der Waals surface area contributed by atoms with Crippen LogP contribution in [0.1, 0.15) is 49.5 Å². The molecule has 9 heteroatoms. The standard InChI is InChI=1S/C22H26ClN5O2.ClH/c1-12(2)28(13(3)4)20-14(5)30-21(25-20)19-17-10-26(6)22(29)18-15(23)8-7-9-16(18)27(17)11-24-19;/h7-9,11-13H,10H2,1-6H3;1H. The molecule has 1 amide bonds. The lowest BCUT2D eigenvalue weighted by atomic mass is 10.1. The van der Waals surface area contributed by atoms with Crippen LogP contribution in [0.15, 0.2) is 28.9 Å². The van der Waals surface area contributed by atoms with Gasteiger partial charge in [-0.25, -0.2) is 4.98 Å².